The van der Waals surface area contributed by atoms with E-state index >= 15 is 0 Å². The monoisotopic (exact) mass is 257 g/mol. The Morgan fingerprint density at radius 1 is 1.53 bits per heavy atom. The number of nitrogens with zero attached hydrogens (tertiary/aromatic N) is 3. The van der Waals surface area contributed by atoms with E-state index in [0.717, 1.165) is 31.7 Å². The second-order valence-corrected chi connectivity index (χ2v) is 4.39. The van der Waals surface area contributed by atoms with E-state index < -0.39 is 0 Å². The number of rotatable bonds is 4. The lowest BCUT2D eigenvalue weighted by Gasteiger charge is -2.33. The second-order valence-electron chi connectivity index (χ2n) is 4.00. The maximum absolute atomic E-state index is 8.74. The molecule has 1 saturated heterocycles. The average molecular weight is 258 g/mol. The van der Waals surface area contributed by atoms with Crippen LogP contribution in [0.5, 0.6) is 0 Å². The van der Waals surface area contributed by atoms with Gasteiger partial charge in [-0.2, -0.15) is 0 Å². The van der Waals surface area contributed by atoms with Crippen LogP contribution in [-0.4, -0.2) is 47.5 Å². The molecular formula is C11H16ClN3O2. The summed E-state index contributed by atoms with van der Waals surface area (Å²) in [6.07, 6.45) is 5.45. The lowest BCUT2D eigenvalue weighted by atomic mass is 10.1. The van der Waals surface area contributed by atoms with Gasteiger partial charge in [-0.3, -0.25) is 4.98 Å². The second kappa shape index (κ2) is 6.14. The molecule has 6 heteroatoms. The zero-order valence-corrected chi connectivity index (χ0v) is 10.3. The largest absolute Gasteiger partial charge is 0.394 e. The van der Waals surface area contributed by atoms with Crippen LogP contribution in [0.3, 0.4) is 0 Å². The fourth-order valence-electron chi connectivity index (χ4n) is 1.99. The molecule has 1 unspecified atom stereocenters. The van der Waals surface area contributed by atoms with Gasteiger partial charge in [0.05, 0.1) is 31.7 Å². The van der Waals surface area contributed by atoms with Gasteiger partial charge in [-0.25, -0.2) is 4.98 Å². The maximum atomic E-state index is 8.74. The van der Waals surface area contributed by atoms with Crippen molar-refractivity contribution in [3.63, 3.8) is 0 Å². The highest BCUT2D eigenvalue weighted by Gasteiger charge is 2.21. The Kier molecular flexibility index (Phi) is 4.53. The molecule has 94 valence electrons. The standard InChI is InChI=1S/C11H16ClN3O2/c12-10-6-13-7-11(14-10)15-3-1-2-9(8-15)17-5-4-16/h6-7,9,16H,1-5,8H2. The van der Waals surface area contributed by atoms with Gasteiger partial charge in [-0.15, -0.1) is 0 Å². The van der Waals surface area contributed by atoms with Gasteiger partial charge >= 0.3 is 0 Å². The van der Waals surface area contributed by atoms with Crippen molar-refractivity contribution in [1.82, 2.24) is 9.97 Å². The van der Waals surface area contributed by atoms with Crippen LogP contribution < -0.4 is 4.90 Å². The molecule has 0 saturated carbocycles. The van der Waals surface area contributed by atoms with Crippen molar-refractivity contribution in [3.8, 4) is 0 Å². The Balaban J connectivity index is 1.97. The van der Waals surface area contributed by atoms with Gasteiger partial charge in [-0.1, -0.05) is 11.6 Å². The Labute approximate surface area is 105 Å². The summed E-state index contributed by atoms with van der Waals surface area (Å²) in [6.45, 7) is 2.16. The van der Waals surface area contributed by atoms with Gasteiger partial charge in [0, 0.05) is 13.1 Å². The number of aliphatic hydroxyl groups excluding tert-OH is 1. The molecule has 1 atom stereocenters. The van der Waals surface area contributed by atoms with E-state index in [4.69, 9.17) is 21.4 Å². The van der Waals surface area contributed by atoms with Crippen LogP contribution in [0.1, 0.15) is 12.8 Å². The Morgan fingerprint density at radius 2 is 2.41 bits per heavy atom. The predicted octanol–water partition coefficient (Wildman–Crippen LogP) is 1.11. The quantitative estimate of drug-likeness (QED) is 0.876. The van der Waals surface area contributed by atoms with Crippen molar-refractivity contribution >= 4 is 17.4 Å². The van der Waals surface area contributed by atoms with Crippen LogP contribution in [0.4, 0.5) is 5.82 Å². The SMILES string of the molecule is OCCOC1CCCN(c2cncc(Cl)n2)C1. The molecule has 0 spiro atoms. The summed E-state index contributed by atoms with van der Waals surface area (Å²) in [4.78, 5) is 10.4. The Hall–Kier alpha value is -0.910. The van der Waals surface area contributed by atoms with Crippen LogP contribution in [0, 0.1) is 0 Å². The first-order chi connectivity index (χ1) is 8.29. The van der Waals surface area contributed by atoms with Gasteiger partial charge in [0.1, 0.15) is 11.0 Å². The molecule has 1 aromatic rings. The number of hydrogen-bond donors (Lipinski definition) is 1. The molecule has 0 amide bonds. The normalized spacial score (nSPS) is 20.6. The van der Waals surface area contributed by atoms with Gasteiger partial charge in [-0.05, 0) is 12.8 Å². The smallest absolute Gasteiger partial charge is 0.149 e. The van der Waals surface area contributed by atoms with Gasteiger partial charge < -0.3 is 14.7 Å². The number of ether oxygens (including phenoxy) is 1. The highest BCUT2D eigenvalue weighted by Crippen LogP contribution is 2.19. The van der Waals surface area contributed by atoms with Crippen molar-refractivity contribution in [2.45, 2.75) is 18.9 Å². The number of aliphatic hydroxyl groups is 1. The first-order valence-electron chi connectivity index (χ1n) is 5.74. The third-order valence-corrected chi connectivity index (χ3v) is 2.92. The number of halogens is 1. The molecule has 1 aliphatic rings. The van der Waals surface area contributed by atoms with Crippen molar-refractivity contribution in [2.24, 2.45) is 0 Å². The summed E-state index contributed by atoms with van der Waals surface area (Å²) < 4.78 is 5.54. The highest BCUT2D eigenvalue weighted by atomic mass is 35.5. The molecule has 0 bridgehead atoms. The Morgan fingerprint density at radius 3 is 3.18 bits per heavy atom. The van der Waals surface area contributed by atoms with Crippen LogP contribution in [0.15, 0.2) is 12.4 Å². The first-order valence-corrected chi connectivity index (χ1v) is 6.12. The summed E-state index contributed by atoms with van der Waals surface area (Å²) >= 11 is 5.82. The van der Waals surface area contributed by atoms with Crippen molar-refractivity contribution < 1.29 is 9.84 Å². The molecular weight excluding hydrogens is 242 g/mol. The average Bonchev–Trinajstić information content (AvgIpc) is 2.37. The molecule has 1 N–H and O–H groups in total. The third kappa shape index (κ3) is 3.52. The summed E-state index contributed by atoms with van der Waals surface area (Å²) in [5.74, 6) is 0.787. The summed E-state index contributed by atoms with van der Waals surface area (Å²) in [7, 11) is 0. The van der Waals surface area contributed by atoms with E-state index in [-0.39, 0.29) is 12.7 Å². The molecule has 0 aromatic carbocycles. The van der Waals surface area contributed by atoms with Crippen LogP contribution in [0.25, 0.3) is 0 Å². The minimum Gasteiger partial charge on any atom is -0.394 e. The number of aromatic nitrogens is 2. The molecule has 1 aromatic heterocycles. The van der Waals surface area contributed by atoms with E-state index in [2.05, 4.69) is 14.9 Å². The highest BCUT2D eigenvalue weighted by molar-refractivity contribution is 6.29. The predicted molar refractivity (Wildman–Crippen MR) is 65.3 cm³/mol. The first kappa shape index (κ1) is 12.5. The molecule has 5 nitrogen and oxygen atoms in total. The van der Waals surface area contributed by atoms with E-state index in [1.165, 1.54) is 6.20 Å². The molecule has 1 fully saturated rings. The van der Waals surface area contributed by atoms with Gasteiger partial charge in [0.15, 0.2) is 0 Å². The van der Waals surface area contributed by atoms with E-state index in [0.29, 0.717) is 11.8 Å². The summed E-state index contributed by atoms with van der Waals surface area (Å²) in [6, 6.07) is 0. The van der Waals surface area contributed by atoms with Crippen molar-refractivity contribution in [3.05, 3.63) is 17.5 Å². The van der Waals surface area contributed by atoms with Crippen molar-refractivity contribution in [2.75, 3.05) is 31.2 Å². The van der Waals surface area contributed by atoms with Crippen LogP contribution in [-0.2, 0) is 4.74 Å². The Bertz CT molecular complexity index is 364. The minimum atomic E-state index is 0.0630. The maximum Gasteiger partial charge on any atom is 0.149 e. The molecule has 17 heavy (non-hydrogen) atoms. The molecule has 1 aliphatic heterocycles. The third-order valence-electron chi connectivity index (χ3n) is 2.74. The fourth-order valence-corrected chi connectivity index (χ4v) is 2.13. The van der Waals surface area contributed by atoms with Crippen LogP contribution in [0.2, 0.25) is 5.15 Å². The number of hydrogen-bond acceptors (Lipinski definition) is 5. The lowest BCUT2D eigenvalue weighted by molar-refractivity contribution is 0.0213. The zero-order valence-electron chi connectivity index (χ0n) is 9.55. The molecule has 2 heterocycles. The van der Waals surface area contributed by atoms with Gasteiger partial charge in [0.2, 0.25) is 0 Å². The van der Waals surface area contributed by atoms with Crippen molar-refractivity contribution in [1.29, 1.82) is 0 Å². The zero-order chi connectivity index (χ0) is 12.1. The molecule has 0 aliphatic carbocycles. The molecule has 0 radical (unpaired) electrons. The topological polar surface area (TPSA) is 58.5 Å². The number of anilines is 1. The van der Waals surface area contributed by atoms with Gasteiger partial charge in [0.25, 0.3) is 0 Å². The summed E-state index contributed by atoms with van der Waals surface area (Å²) in [5.41, 5.74) is 0. The number of piperidine rings is 1. The summed E-state index contributed by atoms with van der Waals surface area (Å²) in [5, 5.41) is 9.14. The van der Waals surface area contributed by atoms with E-state index in [1.807, 2.05) is 0 Å². The minimum absolute atomic E-state index is 0.0630. The van der Waals surface area contributed by atoms with E-state index in [9.17, 15) is 0 Å². The van der Waals surface area contributed by atoms with Crippen LogP contribution >= 0.6 is 11.6 Å². The lowest BCUT2D eigenvalue weighted by Crippen LogP contribution is -2.40. The fraction of sp³-hybridized carbons (Fsp3) is 0.636. The van der Waals surface area contributed by atoms with E-state index in [1.54, 1.807) is 6.20 Å². The molecule has 2 rings (SSSR count).